The molecule has 0 aliphatic rings. The van der Waals surface area contributed by atoms with Crippen LogP contribution in [0.2, 0.25) is 5.02 Å². The second kappa shape index (κ2) is 6.21. The zero-order chi connectivity index (χ0) is 15.6. The van der Waals surface area contributed by atoms with Crippen LogP contribution in [-0.4, -0.2) is 18.6 Å². The third kappa shape index (κ3) is 4.09. The Kier molecular flexibility index (Phi) is 4.75. The second-order valence-electron chi connectivity index (χ2n) is 4.52. The second-order valence-corrected chi connectivity index (χ2v) is 7.49. The highest BCUT2D eigenvalue weighted by Crippen LogP contribution is 2.30. The molecule has 2 aromatic rings. The van der Waals surface area contributed by atoms with Crippen molar-refractivity contribution in [2.24, 2.45) is 0 Å². The highest BCUT2D eigenvalue weighted by molar-refractivity contribution is 8.13. The van der Waals surface area contributed by atoms with Crippen LogP contribution in [0.5, 0.6) is 5.75 Å². The molecule has 0 unspecified atom stereocenters. The first-order valence-corrected chi connectivity index (χ1v) is 8.65. The van der Waals surface area contributed by atoms with Gasteiger partial charge in [-0.15, -0.1) is 0 Å². The summed E-state index contributed by atoms with van der Waals surface area (Å²) in [7, 11) is 1.37. The van der Waals surface area contributed by atoms with Crippen LogP contribution in [0.4, 0.5) is 0 Å². The summed E-state index contributed by atoms with van der Waals surface area (Å²) in [5.41, 5.74) is 0. The summed E-state index contributed by atoms with van der Waals surface area (Å²) >= 11 is 5.76. The smallest absolute Gasteiger partial charge is 0.265 e. The lowest BCUT2D eigenvalue weighted by atomic mass is 10.2. The fraction of sp³-hybridized carbons (Fsp3) is 0.333. The fourth-order valence-electron chi connectivity index (χ4n) is 1.49. The summed E-state index contributed by atoms with van der Waals surface area (Å²) in [6.07, 6.45) is 0. The lowest BCUT2D eigenvalue weighted by molar-refractivity contribution is 0.237. The summed E-state index contributed by atoms with van der Waals surface area (Å²) in [6.45, 7) is 3.78. The Morgan fingerprint density at radius 2 is 2.10 bits per heavy atom. The van der Waals surface area contributed by atoms with Gasteiger partial charge in [0.2, 0.25) is 0 Å². The molecule has 0 fully saturated rings. The molecule has 0 saturated carbocycles. The summed E-state index contributed by atoms with van der Waals surface area (Å²) in [6, 6.07) is 4.12. The van der Waals surface area contributed by atoms with Gasteiger partial charge in [0, 0.05) is 21.6 Å². The maximum absolute atomic E-state index is 11.5. The zero-order valence-electron chi connectivity index (χ0n) is 11.2. The summed E-state index contributed by atoms with van der Waals surface area (Å²) < 4.78 is 33.4. The Morgan fingerprint density at radius 1 is 1.38 bits per heavy atom. The summed E-state index contributed by atoms with van der Waals surface area (Å²) in [5, 5.41) is 4.02. The molecule has 114 valence electrons. The molecular formula is C12H12Cl2N2O4S. The number of rotatable bonds is 5. The van der Waals surface area contributed by atoms with Gasteiger partial charge in [0.1, 0.15) is 10.6 Å². The largest absolute Gasteiger partial charge is 0.482 e. The topological polar surface area (TPSA) is 82.3 Å². The molecule has 0 saturated heterocycles. The number of halogens is 2. The van der Waals surface area contributed by atoms with E-state index in [2.05, 4.69) is 10.1 Å². The zero-order valence-corrected chi connectivity index (χ0v) is 13.5. The van der Waals surface area contributed by atoms with Crippen LogP contribution in [0.15, 0.2) is 27.6 Å². The van der Waals surface area contributed by atoms with Gasteiger partial charge in [0.25, 0.3) is 14.9 Å². The normalized spacial score (nSPS) is 11.9. The van der Waals surface area contributed by atoms with Crippen molar-refractivity contribution in [2.75, 3.05) is 0 Å². The molecular weight excluding hydrogens is 339 g/mol. The molecule has 0 spiro atoms. The van der Waals surface area contributed by atoms with E-state index in [-0.39, 0.29) is 34.1 Å². The molecule has 0 N–H and O–H groups in total. The number of nitrogens with zero attached hydrogens (tertiary/aromatic N) is 2. The molecule has 0 amide bonds. The van der Waals surface area contributed by atoms with Gasteiger partial charge in [-0.05, 0) is 18.2 Å². The predicted molar refractivity (Wildman–Crippen MR) is 77.2 cm³/mol. The molecule has 21 heavy (non-hydrogen) atoms. The average molecular weight is 351 g/mol. The Hall–Kier alpha value is -1.31. The molecule has 0 bridgehead atoms. The van der Waals surface area contributed by atoms with Gasteiger partial charge in [0.15, 0.2) is 12.4 Å². The molecule has 0 aliphatic heterocycles. The minimum absolute atomic E-state index is 0.0682. The van der Waals surface area contributed by atoms with Crippen LogP contribution in [0.25, 0.3) is 0 Å². The SMILES string of the molecule is CC(C)c1noc(COc2ccc(Cl)cc2S(=O)(=O)Cl)n1. The van der Waals surface area contributed by atoms with Crippen LogP contribution in [0.3, 0.4) is 0 Å². The van der Waals surface area contributed by atoms with E-state index in [1.54, 1.807) is 0 Å². The fourth-order valence-corrected chi connectivity index (χ4v) is 2.73. The molecule has 0 radical (unpaired) electrons. The molecule has 1 aromatic carbocycles. The van der Waals surface area contributed by atoms with E-state index in [1.807, 2.05) is 13.8 Å². The van der Waals surface area contributed by atoms with Crippen molar-refractivity contribution in [2.45, 2.75) is 31.3 Å². The Bertz CT molecular complexity index is 743. The van der Waals surface area contributed by atoms with Gasteiger partial charge in [-0.3, -0.25) is 0 Å². The lowest BCUT2D eigenvalue weighted by Gasteiger charge is -2.07. The van der Waals surface area contributed by atoms with E-state index in [0.29, 0.717) is 5.82 Å². The molecule has 0 atom stereocenters. The highest BCUT2D eigenvalue weighted by atomic mass is 35.7. The molecule has 2 rings (SSSR count). The minimum atomic E-state index is -3.97. The van der Waals surface area contributed by atoms with Crippen molar-refractivity contribution < 1.29 is 17.7 Å². The van der Waals surface area contributed by atoms with Crippen LogP contribution >= 0.6 is 22.3 Å². The summed E-state index contributed by atoms with van der Waals surface area (Å²) in [5.74, 6) is 0.983. The van der Waals surface area contributed by atoms with Gasteiger partial charge in [-0.2, -0.15) is 4.98 Å². The van der Waals surface area contributed by atoms with Crippen molar-refractivity contribution in [1.82, 2.24) is 10.1 Å². The number of hydrogen-bond acceptors (Lipinski definition) is 6. The lowest BCUT2D eigenvalue weighted by Crippen LogP contribution is -2.01. The van der Waals surface area contributed by atoms with Crippen LogP contribution < -0.4 is 4.74 Å². The summed E-state index contributed by atoms with van der Waals surface area (Å²) in [4.78, 5) is 3.91. The third-order valence-corrected chi connectivity index (χ3v) is 4.10. The quantitative estimate of drug-likeness (QED) is 0.769. The van der Waals surface area contributed by atoms with Crippen LogP contribution in [0, 0.1) is 0 Å². The van der Waals surface area contributed by atoms with Crippen molar-refractivity contribution in [3.05, 3.63) is 34.9 Å². The van der Waals surface area contributed by atoms with E-state index < -0.39 is 9.05 Å². The number of aromatic nitrogens is 2. The van der Waals surface area contributed by atoms with Crippen molar-refractivity contribution in [3.8, 4) is 5.75 Å². The van der Waals surface area contributed by atoms with Gasteiger partial charge in [0.05, 0.1) is 0 Å². The number of benzene rings is 1. The van der Waals surface area contributed by atoms with E-state index in [4.69, 9.17) is 31.5 Å². The number of hydrogen-bond donors (Lipinski definition) is 0. The van der Waals surface area contributed by atoms with Crippen molar-refractivity contribution in [1.29, 1.82) is 0 Å². The average Bonchev–Trinajstić information content (AvgIpc) is 2.85. The van der Waals surface area contributed by atoms with Gasteiger partial charge in [-0.25, -0.2) is 8.42 Å². The Morgan fingerprint density at radius 3 is 2.67 bits per heavy atom. The molecule has 1 aromatic heterocycles. The standard InChI is InChI=1S/C12H12Cl2N2O4S/c1-7(2)12-15-11(20-16-12)6-19-9-4-3-8(13)5-10(9)21(14,17)18/h3-5,7H,6H2,1-2H3. The van der Waals surface area contributed by atoms with Crippen molar-refractivity contribution >= 4 is 31.3 Å². The first-order valence-electron chi connectivity index (χ1n) is 5.97. The number of ether oxygens (including phenoxy) is 1. The molecule has 9 heteroatoms. The highest BCUT2D eigenvalue weighted by Gasteiger charge is 2.18. The maximum Gasteiger partial charge on any atom is 0.265 e. The van der Waals surface area contributed by atoms with E-state index in [1.165, 1.54) is 18.2 Å². The maximum atomic E-state index is 11.5. The van der Waals surface area contributed by atoms with Gasteiger partial charge < -0.3 is 9.26 Å². The molecule has 1 heterocycles. The van der Waals surface area contributed by atoms with E-state index in [0.717, 1.165) is 0 Å². The van der Waals surface area contributed by atoms with E-state index in [9.17, 15) is 8.42 Å². The monoisotopic (exact) mass is 350 g/mol. The van der Waals surface area contributed by atoms with Crippen molar-refractivity contribution in [3.63, 3.8) is 0 Å². The Balaban J connectivity index is 2.20. The first-order chi connectivity index (χ1) is 9.77. The van der Waals surface area contributed by atoms with Crippen LogP contribution in [-0.2, 0) is 15.7 Å². The predicted octanol–water partition coefficient (Wildman–Crippen LogP) is 3.35. The first kappa shape index (κ1) is 16.1. The minimum Gasteiger partial charge on any atom is -0.482 e. The van der Waals surface area contributed by atoms with E-state index >= 15 is 0 Å². The Labute approximate surface area is 131 Å². The third-order valence-electron chi connectivity index (χ3n) is 2.52. The van der Waals surface area contributed by atoms with Gasteiger partial charge in [-0.1, -0.05) is 30.6 Å². The molecule has 0 aliphatic carbocycles. The molecule has 6 nitrogen and oxygen atoms in total. The van der Waals surface area contributed by atoms with Crippen LogP contribution in [0.1, 0.15) is 31.5 Å². The van der Waals surface area contributed by atoms with Gasteiger partial charge >= 0.3 is 0 Å².